The van der Waals surface area contributed by atoms with Gasteiger partial charge in [-0.2, -0.15) is 0 Å². The van der Waals surface area contributed by atoms with Crippen molar-refractivity contribution in [3.05, 3.63) is 41.2 Å². The van der Waals surface area contributed by atoms with E-state index < -0.39 is 0 Å². The van der Waals surface area contributed by atoms with Crippen LogP contribution in [0.4, 0.5) is 0 Å². The molecule has 6 heteroatoms. The Hall–Kier alpha value is -1.88. The molecule has 1 heterocycles. The molecule has 0 saturated heterocycles. The third-order valence-electron chi connectivity index (χ3n) is 2.22. The van der Waals surface area contributed by atoms with Gasteiger partial charge in [0.1, 0.15) is 0 Å². The Labute approximate surface area is 110 Å². The molecule has 2 rings (SSSR count). The zero-order valence-corrected chi connectivity index (χ0v) is 10.8. The molecule has 0 bridgehead atoms. The Morgan fingerprint density at radius 3 is 2.89 bits per heavy atom. The highest BCUT2D eigenvalue weighted by molar-refractivity contribution is 6.30. The molecule has 0 aliphatic rings. The second-order valence-electron chi connectivity index (χ2n) is 4.16. The van der Waals surface area contributed by atoms with E-state index in [4.69, 9.17) is 11.6 Å². The van der Waals surface area contributed by atoms with Crippen LogP contribution in [0.15, 0.2) is 30.5 Å². The molecule has 18 heavy (non-hydrogen) atoms. The van der Waals surface area contributed by atoms with E-state index in [2.05, 4.69) is 15.6 Å². The summed E-state index contributed by atoms with van der Waals surface area (Å²) in [7, 11) is 0. The van der Waals surface area contributed by atoms with Crippen molar-refractivity contribution in [3.63, 3.8) is 0 Å². The average molecular weight is 265 g/mol. The lowest BCUT2D eigenvalue weighted by Gasteiger charge is -2.04. The Balaban J connectivity index is 2.23. The van der Waals surface area contributed by atoms with E-state index in [-0.39, 0.29) is 17.6 Å². The van der Waals surface area contributed by atoms with E-state index in [9.17, 15) is 4.79 Å². The predicted molar refractivity (Wildman–Crippen MR) is 69.0 cm³/mol. The number of hydrogen-bond acceptors (Lipinski definition) is 3. The summed E-state index contributed by atoms with van der Waals surface area (Å²) in [5, 5.41) is 11.1. The third kappa shape index (κ3) is 2.87. The van der Waals surface area contributed by atoms with Crippen LogP contribution in [0.1, 0.15) is 24.3 Å². The maximum Gasteiger partial charge on any atom is 0.273 e. The van der Waals surface area contributed by atoms with Gasteiger partial charge in [0.2, 0.25) is 0 Å². The van der Waals surface area contributed by atoms with Crippen molar-refractivity contribution in [1.82, 2.24) is 20.3 Å². The van der Waals surface area contributed by atoms with Crippen molar-refractivity contribution >= 4 is 17.5 Å². The van der Waals surface area contributed by atoms with E-state index in [1.54, 1.807) is 18.3 Å². The summed E-state index contributed by atoms with van der Waals surface area (Å²) in [5.41, 5.74) is 1.04. The van der Waals surface area contributed by atoms with Crippen LogP contribution in [0.5, 0.6) is 0 Å². The predicted octanol–water partition coefficient (Wildman–Crippen LogP) is 2.06. The number of nitrogens with zero attached hydrogens (tertiary/aromatic N) is 3. The lowest BCUT2D eigenvalue weighted by atomic mass is 10.3. The van der Waals surface area contributed by atoms with Crippen LogP contribution in [0.25, 0.3) is 5.69 Å². The molecular formula is C12H13ClN4O. The Morgan fingerprint density at radius 2 is 2.22 bits per heavy atom. The minimum absolute atomic E-state index is 0.0637. The fourth-order valence-corrected chi connectivity index (χ4v) is 1.63. The Bertz CT molecular complexity index is 565. The second kappa shape index (κ2) is 5.18. The zero-order valence-electron chi connectivity index (χ0n) is 10.1. The zero-order chi connectivity index (χ0) is 13.1. The topological polar surface area (TPSA) is 59.8 Å². The van der Waals surface area contributed by atoms with Gasteiger partial charge in [-0.3, -0.25) is 4.79 Å². The van der Waals surface area contributed by atoms with Gasteiger partial charge in [-0.05, 0) is 32.0 Å². The van der Waals surface area contributed by atoms with Crippen LogP contribution in [0.2, 0.25) is 5.02 Å². The molecule has 94 valence electrons. The monoisotopic (exact) mass is 264 g/mol. The number of halogens is 1. The van der Waals surface area contributed by atoms with Gasteiger partial charge in [0.25, 0.3) is 5.91 Å². The quantitative estimate of drug-likeness (QED) is 0.923. The minimum atomic E-state index is -0.238. The summed E-state index contributed by atoms with van der Waals surface area (Å²) in [5.74, 6) is -0.238. The molecule has 0 spiro atoms. The highest BCUT2D eigenvalue weighted by Crippen LogP contribution is 2.13. The van der Waals surface area contributed by atoms with Gasteiger partial charge in [0.05, 0.1) is 11.9 Å². The first-order valence-corrected chi connectivity index (χ1v) is 5.93. The van der Waals surface area contributed by atoms with Gasteiger partial charge < -0.3 is 5.32 Å². The van der Waals surface area contributed by atoms with Crippen LogP contribution in [0, 0.1) is 0 Å². The van der Waals surface area contributed by atoms with Crippen molar-refractivity contribution in [2.24, 2.45) is 0 Å². The molecule has 0 unspecified atom stereocenters. The van der Waals surface area contributed by atoms with Crippen molar-refractivity contribution in [2.45, 2.75) is 19.9 Å². The highest BCUT2D eigenvalue weighted by Gasteiger charge is 2.12. The number of carbonyl (C=O) groups excluding carboxylic acids is 1. The molecule has 0 aliphatic carbocycles. The van der Waals surface area contributed by atoms with Crippen LogP contribution in [0.3, 0.4) is 0 Å². The van der Waals surface area contributed by atoms with Crippen molar-refractivity contribution in [2.75, 3.05) is 0 Å². The second-order valence-corrected chi connectivity index (χ2v) is 4.59. The number of aromatic nitrogens is 3. The molecule has 0 aliphatic heterocycles. The van der Waals surface area contributed by atoms with Gasteiger partial charge in [-0.15, -0.1) is 5.10 Å². The first kappa shape index (κ1) is 12.6. The molecular weight excluding hydrogens is 252 g/mol. The molecule has 1 amide bonds. The van der Waals surface area contributed by atoms with Crippen LogP contribution < -0.4 is 5.32 Å². The summed E-state index contributed by atoms with van der Waals surface area (Å²) in [6.07, 6.45) is 1.57. The van der Waals surface area contributed by atoms with Gasteiger partial charge in [0.15, 0.2) is 5.69 Å². The standard InChI is InChI=1S/C12H13ClN4O/c1-8(2)14-12(18)11-7-17(16-15-11)10-5-3-4-9(13)6-10/h3-8H,1-2H3,(H,14,18). The SMILES string of the molecule is CC(C)NC(=O)c1cn(-c2cccc(Cl)c2)nn1. The minimum Gasteiger partial charge on any atom is -0.348 e. The first-order chi connectivity index (χ1) is 8.56. The number of benzene rings is 1. The third-order valence-corrected chi connectivity index (χ3v) is 2.45. The van der Waals surface area contributed by atoms with Crippen LogP contribution in [-0.4, -0.2) is 26.9 Å². The maximum atomic E-state index is 11.7. The lowest BCUT2D eigenvalue weighted by molar-refractivity contribution is 0.0938. The summed E-state index contributed by atoms with van der Waals surface area (Å²) in [6.45, 7) is 3.78. The van der Waals surface area contributed by atoms with Crippen molar-refractivity contribution in [1.29, 1.82) is 0 Å². The lowest BCUT2D eigenvalue weighted by Crippen LogP contribution is -2.30. The van der Waals surface area contributed by atoms with E-state index in [0.29, 0.717) is 5.02 Å². The van der Waals surface area contributed by atoms with E-state index >= 15 is 0 Å². The first-order valence-electron chi connectivity index (χ1n) is 5.55. The number of rotatable bonds is 3. The summed E-state index contributed by atoms with van der Waals surface area (Å²) in [6, 6.07) is 7.24. The van der Waals surface area contributed by atoms with Gasteiger partial charge in [-0.1, -0.05) is 22.9 Å². The fraction of sp³-hybridized carbons (Fsp3) is 0.250. The van der Waals surface area contributed by atoms with Gasteiger partial charge in [0, 0.05) is 11.1 Å². The molecule has 2 aromatic rings. The molecule has 5 nitrogen and oxygen atoms in total. The maximum absolute atomic E-state index is 11.7. The summed E-state index contributed by atoms with van der Waals surface area (Å²) < 4.78 is 1.52. The average Bonchev–Trinajstić information content (AvgIpc) is 2.77. The largest absolute Gasteiger partial charge is 0.348 e. The van der Waals surface area contributed by atoms with Gasteiger partial charge >= 0.3 is 0 Å². The van der Waals surface area contributed by atoms with Crippen LogP contribution >= 0.6 is 11.6 Å². The normalized spacial score (nSPS) is 10.7. The molecule has 0 fully saturated rings. The number of hydrogen-bond donors (Lipinski definition) is 1. The van der Waals surface area contributed by atoms with Gasteiger partial charge in [-0.25, -0.2) is 4.68 Å². The summed E-state index contributed by atoms with van der Waals surface area (Å²) >= 11 is 5.89. The van der Waals surface area contributed by atoms with E-state index in [1.807, 2.05) is 26.0 Å². The molecule has 0 radical (unpaired) electrons. The summed E-state index contributed by atoms with van der Waals surface area (Å²) in [4.78, 5) is 11.7. The Morgan fingerprint density at radius 1 is 1.44 bits per heavy atom. The molecule has 1 aromatic heterocycles. The number of amides is 1. The fourth-order valence-electron chi connectivity index (χ4n) is 1.45. The van der Waals surface area contributed by atoms with E-state index in [0.717, 1.165) is 5.69 Å². The van der Waals surface area contributed by atoms with Crippen LogP contribution in [-0.2, 0) is 0 Å². The molecule has 1 aromatic carbocycles. The molecule has 0 atom stereocenters. The van der Waals surface area contributed by atoms with Crippen molar-refractivity contribution < 1.29 is 4.79 Å². The number of nitrogens with one attached hydrogen (secondary N) is 1. The molecule has 0 saturated carbocycles. The van der Waals surface area contributed by atoms with E-state index in [1.165, 1.54) is 4.68 Å². The Kier molecular flexibility index (Phi) is 3.62. The van der Waals surface area contributed by atoms with Crippen molar-refractivity contribution in [3.8, 4) is 5.69 Å². The smallest absolute Gasteiger partial charge is 0.273 e. The molecule has 1 N–H and O–H groups in total. The highest BCUT2D eigenvalue weighted by atomic mass is 35.5. The number of carbonyl (C=O) groups is 1.